The Balaban J connectivity index is 2.12. The van der Waals surface area contributed by atoms with Gasteiger partial charge in [0.1, 0.15) is 11.5 Å². The first-order valence-corrected chi connectivity index (χ1v) is 6.53. The molecule has 2 aromatic carbocycles. The predicted octanol–water partition coefficient (Wildman–Crippen LogP) is 3.37. The van der Waals surface area contributed by atoms with Gasteiger partial charge < -0.3 is 19.7 Å². The summed E-state index contributed by atoms with van der Waals surface area (Å²) >= 11 is 0. The van der Waals surface area contributed by atoms with Crippen molar-refractivity contribution < 1.29 is 19.7 Å². The smallest absolute Gasteiger partial charge is 0.160 e. The number of phenolic OH excluding ortho intramolecular Hbond substituents is 2. The molecule has 21 heavy (non-hydrogen) atoms. The van der Waals surface area contributed by atoms with Crippen LogP contribution in [0.2, 0.25) is 0 Å². The Kier molecular flexibility index (Phi) is 4.72. The van der Waals surface area contributed by atoms with E-state index in [4.69, 9.17) is 9.47 Å². The van der Waals surface area contributed by atoms with Crippen LogP contribution < -0.4 is 9.47 Å². The maximum atomic E-state index is 9.55. The van der Waals surface area contributed by atoms with E-state index in [0.29, 0.717) is 17.9 Å². The summed E-state index contributed by atoms with van der Waals surface area (Å²) in [5, 5.41) is 19.0. The first kappa shape index (κ1) is 14.8. The Hall–Kier alpha value is -2.62. The fourth-order valence-corrected chi connectivity index (χ4v) is 2.01. The molecular formula is C17H18O4. The van der Waals surface area contributed by atoms with Crippen LogP contribution in [0.4, 0.5) is 0 Å². The molecule has 0 aromatic heterocycles. The Bertz CT molecular complexity index is 647. The van der Waals surface area contributed by atoms with Crippen molar-refractivity contribution in [1.82, 2.24) is 0 Å². The van der Waals surface area contributed by atoms with Crippen molar-refractivity contribution in [3.8, 4) is 23.0 Å². The minimum absolute atomic E-state index is 0.130. The van der Waals surface area contributed by atoms with Crippen molar-refractivity contribution in [2.75, 3.05) is 14.2 Å². The Morgan fingerprint density at radius 1 is 0.952 bits per heavy atom. The Morgan fingerprint density at radius 2 is 1.71 bits per heavy atom. The normalized spacial score (nSPS) is 10.8. The van der Waals surface area contributed by atoms with E-state index in [0.717, 1.165) is 11.1 Å². The standard InChI is InChI=1S/C17H18O4/c1-20-16-11-14(18)8-7-13(16)5-3-4-12-6-9-15(19)17(10-12)21-2/h3,5-11,18-19H,4H2,1-2H3/b5-3+. The van der Waals surface area contributed by atoms with Crippen molar-refractivity contribution in [3.05, 3.63) is 53.6 Å². The van der Waals surface area contributed by atoms with E-state index < -0.39 is 0 Å². The maximum absolute atomic E-state index is 9.55. The minimum atomic E-state index is 0.130. The van der Waals surface area contributed by atoms with Gasteiger partial charge in [0.25, 0.3) is 0 Å². The number of benzene rings is 2. The molecule has 0 spiro atoms. The van der Waals surface area contributed by atoms with E-state index in [-0.39, 0.29) is 11.5 Å². The third kappa shape index (κ3) is 3.69. The highest BCUT2D eigenvalue weighted by Gasteiger charge is 2.02. The van der Waals surface area contributed by atoms with Gasteiger partial charge in [-0.05, 0) is 36.2 Å². The summed E-state index contributed by atoms with van der Waals surface area (Å²) in [7, 11) is 3.09. The second-order valence-corrected chi connectivity index (χ2v) is 4.54. The largest absolute Gasteiger partial charge is 0.508 e. The van der Waals surface area contributed by atoms with E-state index in [2.05, 4.69) is 0 Å². The topological polar surface area (TPSA) is 58.9 Å². The van der Waals surface area contributed by atoms with Crippen LogP contribution in [0.5, 0.6) is 23.0 Å². The van der Waals surface area contributed by atoms with E-state index in [1.165, 1.54) is 7.11 Å². The molecule has 0 saturated heterocycles. The minimum Gasteiger partial charge on any atom is -0.508 e. The monoisotopic (exact) mass is 286 g/mol. The molecule has 0 bridgehead atoms. The second-order valence-electron chi connectivity index (χ2n) is 4.54. The van der Waals surface area contributed by atoms with Crippen molar-refractivity contribution >= 4 is 6.08 Å². The van der Waals surface area contributed by atoms with Crippen LogP contribution >= 0.6 is 0 Å². The average Bonchev–Trinajstić information content (AvgIpc) is 2.50. The van der Waals surface area contributed by atoms with Gasteiger partial charge in [0.15, 0.2) is 11.5 Å². The number of hydrogen-bond acceptors (Lipinski definition) is 4. The second kappa shape index (κ2) is 6.70. The molecule has 4 heteroatoms. The number of rotatable bonds is 5. The molecule has 0 fully saturated rings. The van der Waals surface area contributed by atoms with Gasteiger partial charge in [0.05, 0.1) is 14.2 Å². The highest BCUT2D eigenvalue weighted by molar-refractivity contribution is 5.59. The third-order valence-electron chi connectivity index (χ3n) is 3.11. The molecular weight excluding hydrogens is 268 g/mol. The van der Waals surface area contributed by atoms with Gasteiger partial charge in [-0.1, -0.05) is 18.2 Å². The van der Waals surface area contributed by atoms with E-state index in [9.17, 15) is 10.2 Å². The molecule has 4 nitrogen and oxygen atoms in total. The molecule has 0 radical (unpaired) electrons. The van der Waals surface area contributed by atoms with Crippen LogP contribution in [-0.2, 0) is 6.42 Å². The number of allylic oxidation sites excluding steroid dienone is 1. The molecule has 0 aliphatic heterocycles. The zero-order chi connectivity index (χ0) is 15.2. The highest BCUT2D eigenvalue weighted by atomic mass is 16.5. The summed E-state index contributed by atoms with van der Waals surface area (Å²) in [5.74, 6) is 1.38. The number of hydrogen-bond donors (Lipinski definition) is 2. The summed E-state index contributed by atoms with van der Waals surface area (Å²) in [6.45, 7) is 0. The number of methoxy groups -OCH3 is 2. The van der Waals surface area contributed by atoms with Gasteiger partial charge in [0, 0.05) is 11.6 Å². The van der Waals surface area contributed by atoms with Gasteiger partial charge in [-0.3, -0.25) is 0 Å². The Morgan fingerprint density at radius 3 is 2.43 bits per heavy atom. The van der Waals surface area contributed by atoms with Crippen LogP contribution in [-0.4, -0.2) is 24.4 Å². The lowest BCUT2D eigenvalue weighted by molar-refractivity contribution is 0.373. The van der Waals surface area contributed by atoms with Crippen LogP contribution in [0.3, 0.4) is 0 Å². The van der Waals surface area contributed by atoms with E-state index in [1.807, 2.05) is 18.2 Å². The fourth-order valence-electron chi connectivity index (χ4n) is 2.01. The highest BCUT2D eigenvalue weighted by Crippen LogP contribution is 2.27. The van der Waals surface area contributed by atoms with Gasteiger partial charge >= 0.3 is 0 Å². The number of ether oxygens (including phenoxy) is 2. The first-order chi connectivity index (χ1) is 10.1. The summed E-state index contributed by atoms with van der Waals surface area (Å²) in [6, 6.07) is 10.2. The van der Waals surface area contributed by atoms with Crippen LogP contribution in [0.15, 0.2) is 42.5 Å². The van der Waals surface area contributed by atoms with Crippen molar-refractivity contribution in [2.45, 2.75) is 6.42 Å². The van der Waals surface area contributed by atoms with Crippen molar-refractivity contribution in [1.29, 1.82) is 0 Å². The molecule has 0 heterocycles. The summed E-state index contributed by atoms with van der Waals surface area (Å²) < 4.78 is 10.3. The van der Waals surface area contributed by atoms with Crippen LogP contribution in [0.25, 0.3) is 6.08 Å². The average molecular weight is 286 g/mol. The SMILES string of the molecule is COc1cc(C/C=C/c2ccc(O)cc2OC)ccc1O. The molecule has 0 aliphatic rings. The predicted molar refractivity (Wildman–Crippen MR) is 82.1 cm³/mol. The summed E-state index contributed by atoms with van der Waals surface area (Å²) in [5.41, 5.74) is 1.92. The lowest BCUT2D eigenvalue weighted by Crippen LogP contribution is -1.88. The zero-order valence-corrected chi connectivity index (χ0v) is 12.0. The number of phenols is 2. The molecule has 2 aromatic rings. The molecule has 0 saturated carbocycles. The molecule has 0 amide bonds. The van der Waals surface area contributed by atoms with Crippen molar-refractivity contribution in [3.63, 3.8) is 0 Å². The zero-order valence-electron chi connectivity index (χ0n) is 12.0. The fraction of sp³-hybridized carbons (Fsp3) is 0.176. The van der Waals surface area contributed by atoms with Crippen molar-refractivity contribution in [2.24, 2.45) is 0 Å². The number of aromatic hydroxyl groups is 2. The van der Waals surface area contributed by atoms with Gasteiger partial charge in [0.2, 0.25) is 0 Å². The Labute approximate surface area is 123 Å². The van der Waals surface area contributed by atoms with Gasteiger partial charge in [-0.25, -0.2) is 0 Å². The molecule has 0 aliphatic carbocycles. The third-order valence-corrected chi connectivity index (χ3v) is 3.11. The summed E-state index contributed by atoms with van der Waals surface area (Å²) in [4.78, 5) is 0. The van der Waals surface area contributed by atoms with Crippen LogP contribution in [0.1, 0.15) is 11.1 Å². The first-order valence-electron chi connectivity index (χ1n) is 6.53. The van der Waals surface area contributed by atoms with Gasteiger partial charge in [-0.15, -0.1) is 0 Å². The van der Waals surface area contributed by atoms with Gasteiger partial charge in [-0.2, -0.15) is 0 Å². The maximum Gasteiger partial charge on any atom is 0.160 e. The van der Waals surface area contributed by atoms with Crippen LogP contribution in [0, 0.1) is 0 Å². The molecule has 2 N–H and O–H groups in total. The van der Waals surface area contributed by atoms with E-state index >= 15 is 0 Å². The van der Waals surface area contributed by atoms with E-state index in [1.54, 1.807) is 37.4 Å². The lowest BCUT2D eigenvalue weighted by Gasteiger charge is -2.06. The molecule has 110 valence electrons. The molecule has 0 unspecified atom stereocenters. The summed E-state index contributed by atoms with van der Waals surface area (Å²) in [6.07, 6.45) is 4.61. The quantitative estimate of drug-likeness (QED) is 0.884. The molecule has 0 atom stereocenters. The lowest BCUT2D eigenvalue weighted by atomic mass is 10.1. The molecule has 2 rings (SSSR count).